The zero-order chi connectivity index (χ0) is 14.5. The number of rotatable bonds is 5. The van der Waals surface area contributed by atoms with Gasteiger partial charge in [-0.1, -0.05) is 34.5 Å². The van der Waals surface area contributed by atoms with Crippen molar-refractivity contribution in [1.82, 2.24) is 15.0 Å². The quantitative estimate of drug-likeness (QED) is 0.885. The lowest BCUT2D eigenvalue weighted by Gasteiger charge is -2.08. The van der Waals surface area contributed by atoms with E-state index in [1.165, 1.54) is 4.68 Å². The van der Waals surface area contributed by atoms with Crippen molar-refractivity contribution in [2.75, 3.05) is 5.32 Å². The van der Waals surface area contributed by atoms with E-state index in [-0.39, 0.29) is 18.9 Å². The standard InChI is InChI=1S/C12H12Cl2N4O2/c13-9-2-1-3-10(14)12(9)15-11(20)4-5-18-6-8(7-19)16-17-18/h1-3,6,19H,4-5,7H2,(H,15,20). The van der Waals surface area contributed by atoms with E-state index >= 15 is 0 Å². The van der Waals surface area contributed by atoms with E-state index in [9.17, 15) is 4.79 Å². The number of aryl methyl sites for hydroxylation is 1. The van der Waals surface area contributed by atoms with Crippen LogP contribution in [0.3, 0.4) is 0 Å². The van der Waals surface area contributed by atoms with Gasteiger partial charge in [0.2, 0.25) is 5.91 Å². The summed E-state index contributed by atoms with van der Waals surface area (Å²) in [6.07, 6.45) is 1.77. The predicted octanol–water partition coefficient (Wildman–Crippen LogP) is 2.11. The molecular formula is C12H12Cl2N4O2. The topological polar surface area (TPSA) is 80.0 Å². The van der Waals surface area contributed by atoms with Crippen LogP contribution >= 0.6 is 23.2 Å². The third-order valence-electron chi connectivity index (χ3n) is 2.54. The van der Waals surface area contributed by atoms with Crippen LogP contribution in [-0.4, -0.2) is 26.0 Å². The van der Waals surface area contributed by atoms with Gasteiger partial charge in [-0.2, -0.15) is 0 Å². The number of carbonyl (C=O) groups is 1. The van der Waals surface area contributed by atoms with Crippen LogP contribution in [0, 0.1) is 0 Å². The highest BCUT2D eigenvalue weighted by Crippen LogP contribution is 2.29. The molecule has 0 aliphatic rings. The van der Waals surface area contributed by atoms with Gasteiger partial charge >= 0.3 is 0 Å². The zero-order valence-electron chi connectivity index (χ0n) is 10.4. The molecule has 0 unspecified atom stereocenters. The number of hydrogen-bond donors (Lipinski definition) is 2. The number of nitrogens with one attached hydrogen (secondary N) is 1. The number of hydrogen-bond acceptors (Lipinski definition) is 4. The minimum atomic E-state index is -0.235. The number of anilines is 1. The third-order valence-corrected chi connectivity index (χ3v) is 3.17. The summed E-state index contributed by atoms with van der Waals surface area (Å²) in [7, 11) is 0. The molecule has 0 bridgehead atoms. The highest BCUT2D eigenvalue weighted by molar-refractivity contribution is 6.39. The van der Waals surface area contributed by atoms with Crippen LogP contribution in [0.1, 0.15) is 12.1 Å². The second-order valence-corrected chi connectivity index (χ2v) is 4.84. The smallest absolute Gasteiger partial charge is 0.226 e. The van der Waals surface area contributed by atoms with E-state index < -0.39 is 0 Å². The van der Waals surface area contributed by atoms with Crippen LogP contribution in [0.25, 0.3) is 0 Å². The fourth-order valence-electron chi connectivity index (χ4n) is 1.56. The number of aliphatic hydroxyl groups is 1. The van der Waals surface area contributed by atoms with Crippen LogP contribution in [0.5, 0.6) is 0 Å². The van der Waals surface area contributed by atoms with Crippen molar-refractivity contribution >= 4 is 34.8 Å². The fourth-order valence-corrected chi connectivity index (χ4v) is 2.05. The van der Waals surface area contributed by atoms with Crippen molar-refractivity contribution in [3.63, 3.8) is 0 Å². The summed E-state index contributed by atoms with van der Waals surface area (Å²) in [5, 5.41) is 19.8. The van der Waals surface area contributed by atoms with E-state index in [4.69, 9.17) is 28.3 Å². The Morgan fingerprint density at radius 3 is 2.65 bits per heavy atom. The van der Waals surface area contributed by atoms with Gasteiger partial charge in [-0.3, -0.25) is 9.48 Å². The summed E-state index contributed by atoms with van der Waals surface area (Å²) in [5.74, 6) is -0.235. The summed E-state index contributed by atoms with van der Waals surface area (Å²) in [5.41, 5.74) is 0.857. The first-order chi connectivity index (χ1) is 9.60. The van der Waals surface area contributed by atoms with E-state index in [0.717, 1.165) is 0 Å². The molecule has 2 aromatic rings. The van der Waals surface area contributed by atoms with Crippen LogP contribution in [0.2, 0.25) is 10.0 Å². The summed E-state index contributed by atoms with van der Waals surface area (Å²) in [6, 6.07) is 4.99. The Hall–Kier alpha value is -1.63. The molecule has 1 amide bonds. The number of aliphatic hydroxyl groups excluding tert-OH is 1. The molecule has 8 heteroatoms. The number of amides is 1. The fraction of sp³-hybridized carbons (Fsp3) is 0.250. The van der Waals surface area contributed by atoms with E-state index in [1.807, 2.05) is 0 Å². The number of para-hydroxylation sites is 1. The molecule has 0 radical (unpaired) electrons. The summed E-state index contributed by atoms with van der Waals surface area (Å²) < 4.78 is 1.49. The third kappa shape index (κ3) is 3.69. The molecule has 0 saturated carbocycles. The van der Waals surface area contributed by atoms with Crippen molar-refractivity contribution in [3.05, 3.63) is 40.1 Å². The Kier molecular flexibility index (Phi) is 4.94. The summed E-state index contributed by atoms with van der Waals surface area (Å²) in [6.45, 7) is 0.169. The second kappa shape index (κ2) is 6.69. The molecule has 20 heavy (non-hydrogen) atoms. The molecule has 0 atom stereocenters. The molecule has 0 aliphatic carbocycles. The lowest BCUT2D eigenvalue weighted by Crippen LogP contribution is -2.15. The van der Waals surface area contributed by atoms with Gasteiger partial charge < -0.3 is 10.4 Å². The van der Waals surface area contributed by atoms with E-state index in [2.05, 4.69) is 15.6 Å². The largest absolute Gasteiger partial charge is 0.390 e. The SMILES string of the molecule is O=C(CCn1cc(CO)nn1)Nc1c(Cl)cccc1Cl. The first-order valence-electron chi connectivity index (χ1n) is 5.84. The van der Waals surface area contributed by atoms with E-state index in [1.54, 1.807) is 24.4 Å². The maximum atomic E-state index is 11.8. The van der Waals surface area contributed by atoms with Crippen molar-refractivity contribution in [2.45, 2.75) is 19.6 Å². The molecule has 1 heterocycles. The normalized spacial score (nSPS) is 10.6. The average Bonchev–Trinajstić information content (AvgIpc) is 2.89. The van der Waals surface area contributed by atoms with Gasteiger partial charge in [0, 0.05) is 6.42 Å². The van der Waals surface area contributed by atoms with Crippen LogP contribution < -0.4 is 5.32 Å². The zero-order valence-corrected chi connectivity index (χ0v) is 11.9. The number of benzene rings is 1. The van der Waals surface area contributed by atoms with Gasteiger partial charge in [-0.25, -0.2) is 0 Å². The van der Waals surface area contributed by atoms with Gasteiger partial charge in [0.1, 0.15) is 5.69 Å². The lowest BCUT2D eigenvalue weighted by atomic mass is 10.3. The molecule has 2 rings (SSSR count). The summed E-state index contributed by atoms with van der Waals surface area (Å²) in [4.78, 5) is 11.8. The minimum Gasteiger partial charge on any atom is -0.390 e. The Labute approximate surface area is 125 Å². The molecule has 106 valence electrons. The van der Waals surface area contributed by atoms with Crippen molar-refractivity contribution in [2.24, 2.45) is 0 Å². The second-order valence-electron chi connectivity index (χ2n) is 4.03. The monoisotopic (exact) mass is 314 g/mol. The van der Waals surface area contributed by atoms with Crippen molar-refractivity contribution in [1.29, 1.82) is 0 Å². The first kappa shape index (κ1) is 14.8. The van der Waals surface area contributed by atoms with Crippen molar-refractivity contribution < 1.29 is 9.90 Å². The number of aromatic nitrogens is 3. The molecule has 1 aromatic carbocycles. The maximum absolute atomic E-state index is 11.8. The van der Waals surface area contributed by atoms with Gasteiger partial charge in [-0.15, -0.1) is 5.10 Å². The van der Waals surface area contributed by atoms with Gasteiger partial charge in [0.25, 0.3) is 0 Å². The molecule has 0 saturated heterocycles. The molecular weight excluding hydrogens is 303 g/mol. The van der Waals surface area contributed by atoms with Crippen LogP contribution in [0.4, 0.5) is 5.69 Å². The lowest BCUT2D eigenvalue weighted by molar-refractivity contribution is -0.116. The van der Waals surface area contributed by atoms with Crippen LogP contribution in [0.15, 0.2) is 24.4 Å². The number of carbonyl (C=O) groups excluding carboxylic acids is 1. The molecule has 0 fully saturated rings. The predicted molar refractivity (Wildman–Crippen MR) is 75.7 cm³/mol. The molecule has 6 nitrogen and oxygen atoms in total. The van der Waals surface area contributed by atoms with Crippen LogP contribution in [-0.2, 0) is 17.9 Å². The minimum absolute atomic E-state index is 0.179. The average molecular weight is 315 g/mol. The maximum Gasteiger partial charge on any atom is 0.226 e. The van der Waals surface area contributed by atoms with Gasteiger partial charge in [-0.05, 0) is 12.1 Å². The molecule has 0 aliphatic heterocycles. The molecule has 0 spiro atoms. The first-order valence-corrected chi connectivity index (χ1v) is 6.59. The Morgan fingerprint density at radius 1 is 1.35 bits per heavy atom. The van der Waals surface area contributed by atoms with E-state index in [0.29, 0.717) is 28.0 Å². The number of halogens is 2. The van der Waals surface area contributed by atoms with Crippen molar-refractivity contribution in [3.8, 4) is 0 Å². The Balaban J connectivity index is 1.92. The molecule has 2 N–H and O–H groups in total. The number of nitrogens with zero attached hydrogens (tertiary/aromatic N) is 3. The Morgan fingerprint density at radius 2 is 2.05 bits per heavy atom. The van der Waals surface area contributed by atoms with Gasteiger partial charge in [0.15, 0.2) is 0 Å². The highest BCUT2D eigenvalue weighted by atomic mass is 35.5. The molecule has 1 aromatic heterocycles. The Bertz CT molecular complexity index is 595. The summed E-state index contributed by atoms with van der Waals surface area (Å²) >= 11 is 11.9. The van der Waals surface area contributed by atoms with Gasteiger partial charge in [0.05, 0.1) is 35.1 Å². The highest BCUT2D eigenvalue weighted by Gasteiger charge is 2.10.